The largest absolute Gasteiger partial charge is 0.236 e. The zero-order valence-corrected chi connectivity index (χ0v) is 6.28. The van der Waals surface area contributed by atoms with E-state index in [1.165, 1.54) is 4.52 Å². The number of nitrogens with zero attached hydrogens (tertiary/aromatic N) is 3. The second-order valence-electron chi connectivity index (χ2n) is 2.11. The second kappa shape index (κ2) is 2.24. The predicted molar refractivity (Wildman–Crippen MR) is 43.4 cm³/mol. The topological polar surface area (TPSA) is 30.2 Å². The Morgan fingerprint density at radius 1 is 1.45 bits per heavy atom. The Morgan fingerprint density at radius 3 is 3.09 bits per heavy atom. The van der Waals surface area contributed by atoms with E-state index < -0.39 is 0 Å². The first-order chi connectivity index (χ1) is 5.27. The molecule has 11 heavy (non-hydrogen) atoms. The van der Waals surface area contributed by atoms with Crippen LogP contribution in [0, 0.1) is 0 Å². The van der Waals surface area contributed by atoms with Crippen molar-refractivity contribution < 1.29 is 0 Å². The van der Waals surface area contributed by atoms with E-state index in [4.69, 9.17) is 19.4 Å². The van der Waals surface area contributed by atoms with Crippen LogP contribution in [0.5, 0.6) is 0 Å². The van der Waals surface area contributed by atoms with Crippen LogP contribution in [-0.4, -0.2) is 22.4 Å². The summed E-state index contributed by atoms with van der Waals surface area (Å²) in [7, 11) is 5.52. The molecule has 2 aromatic rings. The maximum atomic E-state index is 5.63. The van der Waals surface area contributed by atoms with Crippen LogP contribution in [0.15, 0.2) is 18.3 Å². The number of hydrogen-bond acceptors (Lipinski definition) is 2. The van der Waals surface area contributed by atoms with Gasteiger partial charge >= 0.3 is 0 Å². The Kier molecular flexibility index (Phi) is 1.36. The van der Waals surface area contributed by atoms with Crippen molar-refractivity contribution in [2.75, 3.05) is 0 Å². The lowest BCUT2D eigenvalue weighted by Gasteiger charge is -1.94. The third-order valence-electron chi connectivity index (χ3n) is 1.36. The van der Waals surface area contributed by atoms with Crippen LogP contribution >= 0.6 is 11.6 Å². The summed E-state index contributed by atoms with van der Waals surface area (Å²) in [5, 5.41) is 4.33. The van der Waals surface area contributed by atoms with Gasteiger partial charge < -0.3 is 0 Å². The van der Waals surface area contributed by atoms with E-state index in [-0.39, 0.29) is 0 Å². The second-order valence-corrected chi connectivity index (χ2v) is 2.50. The summed E-state index contributed by atoms with van der Waals surface area (Å²) in [6.45, 7) is 0. The highest BCUT2D eigenvalue weighted by Gasteiger charge is 1.98. The van der Waals surface area contributed by atoms with Crippen molar-refractivity contribution in [2.45, 2.75) is 0 Å². The fourth-order valence-electron chi connectivity index (χ4n) is 0.869. The molecule has 0 atom stereocenters. The summed E-state index contributed by atoms with van der Waals surface area (Å²) in [6.07, 6.45) is 1.54. The number of fused-ring (bicyclic) bond motifs is 1. The minimum absolute atomic E-state index is 0.405. The SMILES string of the molecule is [B]c1cnc2ccc(Cl)nn12. The van der Waals surface area contributed by atoms with Crippen molar-refractivity contribution in [3.8, 4) is 0 Å². The van der Waals surface area contributed by atoms with Crippen LogP contribution in [0.1, 0.15) is 0 Å². The van der Waals surface area contributed by atoms with Gasteiger partial charge in [-0.2, -0.15) is 5.10 Å². The average molecular weight is 163 g/mol. The molecule has 0 unspecified atom stereocenters. The molecule has 0 aromatic carbocycles. The fraction of sp³-hybridized carbons (Fsp3) is 0. The Bertz CT molecular complexity index is 398. The van der Waals surface area contributed by atoms with E-state index in [2.05, 4.69) is 10.1 Å². The van der Waals surface area contributed by atoms with Crippen LogP contribution in [0.2, 0.25) is 5.15 Å². The lowest BCUT2D eigenvalue weighted by Crippen LogP contribution is -2.11. The summed E-state index contributed by atoms with van der Waals surface area (Å²) in [6, 6.07) is 3.43. The van der Waals surface area contributed by atoms with Gasteiger partial charge in [0, 0.05) is 11.8 Å². The standard InChI is InChI=1S/C6H3BClN3/c7-4-3-9-6-2-1-5(8)10-11(4)6/h1-3H. The van der Waals surface area contributed by atoms with E-state index in [1.807, 2.05) is 0 Å². The van der Waals surface area contributed by atoms with Crippen LogP contribution in [0.4, 0.5) is 0 Å². The molecule has 0 fully saturated rings. The van der Waals surface area contributed by atoms with Gasteiger partial charge in [0.2, 0.25) is 0 Å². The van der Waals surface area contributed by atoms with E-state index in [0.29, 0.717) is 16.4 Å². The highest BCUT2D eigenvalue weighted by atomic mass is 35.5. The first-order valence-corrected chi connectivity index (χ1v) is 3.41. The summed E-state index contributed by atoms with van der Waals surface area (Å²) in [5.74, 6) is 0. The maximum Gasteiger partial charge on any atom is 0.152 e. The molecule has 0 saturated heterocycles. The first-order valence-electron chi connectivity index (χ1n) is 3.03. The highest BCUT2D eigenvalue weighted by Crippen LogP contribution is 2.03. The van der Waals surface area contributed by atoms with E-state index >= 15 is 0 Å². The molecular weight excluding hydrogens is 160 g/mol. The monoisotopic (exact) mass is 163 g/mol. The van der Waals surface area contributed by atoms with Crippen molar-refractivity contribution in [1.29, 1.82) is 0 Å². The van der Waals surface area contributed by atoms with Gasteiger partial charge in [-0.15, -0.1) is 0 Å². The molecule has 2 aromatic heterocycles. The number of halogens is 1. The molecule has 2 radical (unpaired) electrons. The smallest absolute Gasteiger partial charge is 0.152 e. The lowest BCUT2D eigenvalue weighted by atomic mass is 10.1. The molecule has 2 heterocycles. The number of hydrogen-bond donors (Lipinski definition) is 0. The molecule has 0 saturated carbocycles. The molecule has 3 nitrogen and oxygen atoms in total. The third-order valence-corrected chi connectivity index (χ3v) is 1.56. The summed E-state index contributed by atoms with van der Waals surface area (Å²) < 4.78 is 1.49. The molecule has 0 aliphatic heterocycles. The molecule has 0 aliphatic rings. The van der Waals surface area contributed by atoms with Gasteiger partial charge in [-0.05, 0) is 12.1 Å². The molecule has 0 spiro atoms. The zero-order valence-electron chi connectivity index (χ0n) is 5.53. The van der Waals surface area contributed by atoms with Gasteiger partial charge in [-0.25, -0.2) is 9.50 Å². The lowest BCUT2D eigenvalue weighted by molar-refractivity contribution is 0.959. The minimum Gasteiger partial charge on any atom is -0.236 e. The average Bonchev–Trinajstić information content (AvgIpc) is 2.33. The third kappa shape index (κ3) is 0.992. The molecule has 0 N–H and O–H groups in total. The van der Waals surface area contributed by atoms with Gasteiger partial charge in [0.15, 0.2) is 5.65 Å². The summed E-state index contributed by atoms with van der Waals surface area (Å²) >= 11 is 5.63. The molecule has 52 valence electrons. The number of imidazole rings is 1. The summed E-state index contributed by atoms with van der Waals surface area (Å²) in [5.41, 5.74) is 1.19. The van der Waals surface area contributed by atoms with E-state index in [9.17, 15) is 0 Å². The van der Waals surface area contributed by atoms with Crippen molar-refractivity contribution in [3.63, 3.8) is 0 Å². The van der Waals surface area contributed by atoms with Gasteiger partial charge in [0.05, 0.1) is 0 Å². The molecule has 2 rings (SSSR count). The Balaban J connectivity index is 2.87. The van der Waals surface area contributed by atoms with Crippen LogP contribution < -0.4 is 5.59 Å². The van der Waals surface area contributed by atoms with E-state index in [1.54, 1.807) is 18.3 Å². The van der Waals surface area contributed by atoms with Crippen molar-refractivity contribution in [1.82, 2.24) is 14.6 Å². The number of rotatable bonds is 0. The number of aromatic nitrogens is 3. The predicted octanol–water partition coefficient (Wildman–Crippen LogP) is 0.176. The zero-order chi connectivity index (χ0) is 7.84. The van der Waals surface area contributed by atoms with Crippen LogP contribution in [0.25, 0.3) is 5.65 Å². The van der Waals surface area contributed by atoms with Crippen LogP contribution in [0.3, 0.4) is 0 Å². The minimum atomic E-state index is 0.405. The Labute approximate surface area is 69.4 Å². The molecular formula is C6H3BClN3. The maximum absolute atomic E-state index is 5.63. The van der Waals surface area contributed by atoms with Gasteiger partial charge in [0.1, 0.15) is 13.0 Å². The van der Waals surface area contributed by atoms with Gasteiger partial charge in [-0.3, -0.25) is 0 Å². The van der Waals surface area contributed by atoms with Crippen molar-refractivity contribution in [3.05, 3.63) is 23.5 Å². The fourth-order valence-corrected chi connectivity index (χ4v) is 1.01. The molecule has 0 bridgehead atoms. The molecule has 0 amide bonds. The highest BCUT2D eigenvalue weighted by molar-refractivity contribution is 6.31. The van der Waals surface area contributed by atoms with Gasteiger partial charge in [0.25, 0.3) is 0 Å². The van der Waals surface area contributed by atoms with Gasteiger partial charge in [-0.1, -0.05) is 11.6 Å². The summed E-state index contributed by atoms with van der Waals surface area (Å²) in [4.78, 5) is 3.98. The normalized spacial score (nSPS) is 10.6. The Morgan fingerprint density at radius 2 is 2.27 bits per heavy atom. The van der Waals surface area contributed by atoms with Crippen molar-refractivity contribution in [2.24, 2.45) is 0 Å². The molecule has 0 aliphatic carbocycles. The Hall–Kier alpha value is -1.03. The first kappa shape index (κ1) is 6.67. The quantitative estimate of drug-likeness (QED) is 0.519. The molecule has 5 heteroatoms. The van der Waals surface area contributed by atoms with Crippen molar-refractivity contribution >= 4 is 30.7 Å². The van der Waals surface area contributed by atoms with Crippen LogP contribution in [-0.2, 0) is 0 Å². The van der Waals surface area contributed by atoms with E-state index in [0.717, 1.165) is 0 Å².